The van der Waals surface area contributed by atoms with Crippen molar-refractivity contribution in [2.75, 3.05) is 50.8 Å². The first-order chi connectivity index (χ1) is 22.2. The van der Waals surface area contributed by atoms with Gasteiger partial charge in [-0.15, -0.1) is 0 Å². The fourth-order valence-corrected chi connectivity index (χ4v) is 5.53. The molecule has 0 saturated carbocycles. The molecule has 4 N–H and O–H groups in total. The molecule has 0 radical (unpaired) electrons. The van der Waals surface area contributed by atoms with Gasteiger partial charge in [-0.1, -0.05) is 50.1 Å². The summed E-state index contributed by atoms with van der Waals surface area (Å²) < 4.78 is 5.33. The molecule has 2 aromatic rings. The van der Waals surface area contributed by atoms with E-state index in [9.17, 15) is 29.1 Å². The standard InChI is InChI=1S/C32H43N7O7/c1-2-3-7-20-46-32(45)39-18-16-38(17-19-39)31(44)24(10-11-27(40)41)35-30(43)29-34-25(22-8-5-4-6-9-22)21-26(36-29)37-14-12-23(13-15-37)28(33)42/h4-6,8-9,21,23-24H,2-3,7,10-20H2,1H3,(H2,33,42)(H,35,43)(H,40,41)/t24-/m0/s1. The van der Waals surface area contributed by atoms with Gasteiger partial charge in [-0.25, -0.2) is 14.8 Å². The second kappa shape index (κ2) is 16.5. The normalized spacial score (nSPS) is 16.1. The van der Waals surface area contributed by atoms with Crippen molar-refractivity contribution in [3.63, 3.8) is 0 Å². The van der Waals surface area contributed by atoms with Gasteiger partial charge >= 0.3 is 12.1 Å². The van der Waals surface area contributed by atoms with Gasteiger partial charge in [0.25, 0.3) is 5.91 Å². The molecule has 4 amide bonds. The molecule has 2 saturated heterocycles. The minimum atomic E-state index is -1.14. The van der Waals surface area contributed by atoms with Crippen molar-refractivity contribution in [2.24, 2.45) is 11.7 Å². The highest BCUT2D eigenvalue weighted by Crippen LogP contribution is 2.26. The SMILES string of the molecule is CCCCCOC(=O)N1CCN(C(=O)[C@H](CCC(=O)O)NC(=O)c2nc(-c3ccccc3)cc(N3CCC(C(N)=O)CC3)n2)CC1. The zero-order valence-corrected chi connectivity index (χ0v) is 26.2. The number of amides is 4. The van der Waals surface area contributed by atoms with Crippen LogP contribution in [0.4, 0.5) is 10.6 Å². The van der Waals surface area contributed by atoms with Crippen LogP contribution in [0.15, 0.2) is 36.4 Å². The Morgan fingerprint density at radius 2 is 1.65 bits per heavy atom. The number of unbranched alkanes of at least 4 members (excludes halogenated alkanes) is 2. The Bertz CT molecular complexity index is 1370. The smallest absolute Gasteiger partial charge is 0.409 e. The number of nitrogens with one attached hydrogen (secondary N) is 1. The van der Waals surface area contributed by atoms with E-state index in [2.05, 4.69) is 22.2 Å². The van der Waals surface area contributed by atoms with E-state index >= 15 is 0 Å². The van der Waals surface area contributed by atoms with Crippen molar-refractivity contribution in [3.8, 4) is 11.3 Å². The zero-order valence-electron chi connectivity index (χ0n) is 26.2. The molecule has 0 bridgehead atoms. The molecule has 1 atom stereocenters. The van der Waals surface area contributed by atoms with Crippen LogP contribution < -0.4 is 16.0 Å². The third kappa shape index (κ3) is 9.38. The monoisotopic (exact) mass is 637 g/mol. The van der Waals surface area contributed by atoms with E-state index in [1.807, 2.05) is 35.2 Å². The Labute approximate surface area is 268 Å². The summed E-state index contributed by atoms with van der Waals surface area (Å²) in [5.41, 5.74) is 6.76. The maximum atomic E-state index is 13.6. The molecule has 1 aromatic heterocycles. The molecule has 0 unspecified atom stereocenters. The molecule has 46 heavy (non-hydrogen) atoms. The number of piperazine rings is 1. The Morgan fingerprint density at radius 1 is 0.978 bits per heavy atom. The quantitative estimate of drug-likeness (QED) is 0.275. The third-order valence-electron chi connectivity index (χ3n) is 8.28. The minimum Gasteiger partial charge on any atom is -0.481 e. The lowest BCUT2D eigenvalue weighted by Crippen LogP contribution is -2.56. The molecule has 14 nitrogen and oxygen atoms in total. The van der Waals surface area contributed by atoms with Gasteiger partial charge in [0.1, 0.15) is 11.9 Å². The van der Waals surface area contributed by atoms with Crippen molar-refractivity contribution in [2.45, 2.75) is 57.9 Å². The van der Waals surface area contributed by atoms with Crippen molar-refractivity contribution in [1.29, 1.82) is 0 Å². The number of anilines is 1. The van der Waals surface area contributed by atoms with Crippen molar-refractivity contribution >= 4 is 35.6 Å². The number of primary amides is 1. The summed E-state index contributed by atoms with van der Waals surface area (Å²) in [6, 6.07) is 9.90. The number of carboxylic acid groups (broad SMARTS) is 1. The number of piperidine rings is 1. The Hall–Kier alpha value is -4.75. The Kier molecular flexibility index (Phi) is 12.3. The lowest BCUT2D eigenvalue weighted by Gasteiger charge is -2.36. The van der Waals surface area contributed by atoms with E-state index in [0.29, 0.717) is 44.0 Å². The van der Waals surface area contributed by atoms with E-state index in [4.69, 9.17) is 10.5 Å². The maximum absolute atomic E-state index is 13.6. The number of aromatic nitrogens is 2. The predicted octanol–water partition coefficient (Wildman–Crippen LogP) is 2.28. The van der Waals surface area contributed by atoms with Crippen LogP contribution in [-0.4, -0.2) is 107 Å². The van der Waals surface area contributed by atoms with Gasteiger partial charge in [0, 0.05) is 63.2 Å². The molecular formula is C32H43N7O7. The third-order valence-corrected chi connectivity index (χ3v) is 8.28. The van der Waals surface area contributed by atoms with Gasteiger partial charge in [0.2, 0.25) is 17.6 Å². The fourth-order valence-electron chi connectivity index (χ4n) is 5.53. The van der Waals surface area contributed by atoms with Crippen LogP contribution in [0.25, 0.3) is 11.3 Å². The second-order valence-electron chi connectivity index (χ2n) is 11.6. The number of hydrogen-bond donors (Lipinski definition) is 3. The molecule has 3 heterocycles. The van der Waals surface area contributed by atoms with Crippen LogP contribution in [-0.2, 0) is 19.1 Å². The average molecular weight is 638 g/mol. The zero-order chi connectivity index (χ0) is 33.1. The molecule has 2 fully saturated rings. The first-order valence-corrected chi connectivity index (χ1v) is 15.9. The van der Waals surface area contributed by atoms with Gasteiger partial charge in [-0.3, -0.25) is 19.2 Å². The number of nitrogens with zero attached hydrogens (tertiary/aromatic N) is 5. The predicted molar refractivity (Wildman–Crippen MR) is 169 cm³/mol. The summed E-state index contributed by atoms with van der Waals surface area (Å²) in [5.74, 6) is -2.51. The van der Waals surface area contributed by atoms with Crippen LogP contribution in [0.5, 0.6) is 0 Å². The minimum absolute atomic E-state index is 0.133. The first-order valence-electron chi connectivity index (χ1n) is 15.9. The summed E-state index contributed by atoms with van der Waals surface area (Å²) in [4.78, 5) is 76.8. The van der Waals surface area contributed by atoms with Gasteiger partial charge in [0.15, 0.2) is 0 Å². The molecule has 0 aliphatic carbocycles. The maximum Gasteiger partial charge on any atom is 0.409 e. The van der Waals surface area contributed by atoms with Crippen LogP contribution >= 0.6 is 0 Å². The Morgan fingerprint density at radius 3 is 2.28 bits per heavy atom. The number of aliphatic carboxylic acids is 1. The number of hydrogen-bond acceptors (Lipinski definition) is 9. The lowest BCUT2D eigenvalue weighted by atomic mass is 9.96. The molecule has 2 aliphatic heterocycles. The highest BCUT2D eigenvalue weighted by molar-refractivity contribution is 5.95. The van der Waals surface area contributed by atoms with Gasteiger partial charge in [-0.2, -0.15) is 0 Å². The number of carbonyl (C=O) groups excluding carboxylic acids is 4. The van der Waals surface area contributed by atoms with E-state index < -0.39 is 29.9 Å². The second-order valence-corrected chi connectivity index (χ2v) is 11.6. The summed E-state index contributed by atoms with van der Waals surface area (Å²) in [6.45, 7) is 4.38. The van der Waals surface area contributed by atoms with E-state index in [0.717, 1.165) is 24.8 Å². The molecular weight excluding hydrogens is 594 g/mol. The molecule has 1 aromatic carbocycles. The van der Waals surface area contributed by atoms with Crippen molar-refractivity contribution < 1.29 is 33.8 Å². The largest absolute Gasteiger partial charge is 0.481 e. The van der Waals surface area contributed by atoms with Crippen LogP contribution in [0, 0.1) is 5.92 Å². The molecule has 2 aliphatic rings. The summed E-state index contributed by atoms with van der Waals surface area (Å²) in [5, 5.41) is 12.0. The Balaban J connectivity index is 1.48. The van der Waals surface area contributed by atoms with Crippen molar-refractivity contribution in [3.05, 3.63) is 42.2 Å². The average Bonchev–Trinajstić information content (AvgIpc) is 3.08. The van der Waals surface area contributed by atoms with Crippen LogP contribution in [0.2, 0.25) is 0 Å². The summed E-state index contributed by atoms with van der Waals surface area (Å²) in [7, 11) is 0. The topological polar surface area (TPSA) is 188 Å². The summed E-state index contributed by atoms with van der Waals surface area (Å²) >= 11 is 0. The highest BCUT2D eigenvalue weighted by Gasteiger charge is 2.32. The summed E-state index contributed by atoms with van der Waals surface area (Å²) in [6.07, 6.45) is 2.98. The lowest BCUT2D eigenvalue weighted by molar-refractivity contribution is -0.138. The van der Waals surface area contributed by atoms with E-state index in [1.165, 1.54) is 9.80 Å². The van der Waals surface area contributed by atoms with Gasteiger partial charge < -0.3 is 35.6 Å². The number of benzene rings is 1. The van der Waals surface area contributed by atoms with Crippen molar-refractivity contribution in [1.82, 2.24) is 25.1 Å². The number of rotatable bonds is 13. The molecule has 4 rings (SSSR count). The molecule has 0 spiro atoms. The van der Waals surface area contributed by atoms with E-state index in [1.54, 1.807) is 6.07 Å². The molecule has 14 heteroatoms. The van der Waals surface area contributed by atoms with Gasteiger partial charge in [0.05, 0.1) is 12.3 Å². The first kappa shape index (κ1) is 34.1. The van der Waals surface area contributed by atoms with Gasteiger partial charge in [-0.05, 0) is 25.7 Å². The number of nitrogens with two attached hydrogens (primary N) is 1. The number of carboxylic acids is 1. The number of carbonyl (C=O) groups is 5. The fraction of sp³-hybridized carbons (Fsp3) is 0.531. The molecule has 248 valence electrons. The van der Waals surface area contributed by atoms with Crippen LogP contribution in [0.1, 0.15) is 62.5 Å². The highest BCUT2D eigenvalue weighted by atomic mass is 16.6. The van der Waals surface area contributed by atoms with Crippen LogP contribution in [0.3, 0.4) is 0 Å². The van der Waals surface area contributed by atoms with E-state index in [-0.39, 0.29) is 56.7 Å². The number of ether oxygens (including phenoxy) is 1.